The van der Waals surface area contributed by atoms with Crippen LogP contribution in [0.25, 0.3) is 0 Å². The third-order valence-corrected chi connectivity index (χ3v) is 4.25. The van der Waals surface area contributed by atoms with E-state index >= 15 is 0 Å². The van der Waals surface area contributed by atoms with Crippen LogP contribution in [0.3, 0.4) is 0 Å². The van der Waals surface area contributed by atoms with Gasteiger partial charge in [-0.05, 0) is 41.5 Å². The van der Waals surface area contributed by atoms with Crippen molar-refractivity contribution in [2.24, 2.45) is 0 Å². The lowest BCUT2D eigenvalue weighted by Gasteiger charge is -2.26. The molecule has 2 aliphatic rings. The predicted octanol–water partition coefficient (Wildman–Crippen LogP) is 1.09. The lowest BCUT2D eigenvalue weighted by atomic mass is 10.2. The first-order valence-electron chi connectivity index (χ1n) is 10.1. The molecule has 2 aliphatic heterocycles. The Morgan fingerprint density at radius 1 is 0.844 bits per heavy atom. The van der Waals surface area contributed by atoms with E-state index in [1.807, 2.05) is 0 Å². The molecular weight excluding hydrogens is 428 g/mol. The van der Waals surface area contributed by atoms with Crippen LogP contribution in [0.2, 0.25) is 0 Å². The Balaban J connectivity index is 0.000000320. The van der Waals surface area contributed by atoms with E-state index in [4.69, 9.17) is 19.7 Å². The number of hydrogen-bond donors (Lipinski definition) is 3. The zero-order valence-corrected chi connectivity index (χ0v) is 19.2. The summed E-state index contributed by atoms with van der Waals surface area (Å²) in [6, 6.07) is -2.09. The molecule has 0 aromatic carbocycles. The van der Waals surface area contributed by atoms with Crippen molar-refractivity contribution in [2.45, 2.75) is 83.8 Å². The molecule has 12 nitrogen and oxygen atoms in total. The number of rotatable bonds is 2. The maximum atomic E-state index is 11.7. The highest BCUT2D eigenvalue weighted by molar-refractivity contribution is 5.95. The molecule has 2 heterocycles. The summed E-state index contributed by atoms with van der Waals surface area (Å²) in [6.07, 6.45) is -2.35. The Kier molecular flexibility index (Phi) is 8.61. The van der Waals surface area contributed by atoms with E-state index in [1.165, 1.54) is 0 Å². The first-order chi connectivity index (χ1) is 14.4. The lowest BCUT2D eigenvalue weighted by molar-refractivity contribution is -0.142. The number of aliphatic hydroxyl groups excluding tert-OH is 1. The van der Waals surface area contributed by atoms with E-state index in [0.717, 1.165) is 9.80 Å². The third-order valence-electron chi connectivity index (χ3n) is 4.25. The highest BCUT2D eigenvalue weighted by Gasteiger charge is 2.41. The van der Waals surface area contributed by atoms with Crippen molar-refractivity contribution in [3.05, 3.63) is 0 Å². The van der Waals surface area contributed by atoms with Gasteiger partial charge in [-0.2, -0.15) is 0 Å². The van der Waals surface area contributed by atoms with Gasteiger partial charge in [-0.3, -0.25) is 14.6 Å². The van der Waals surface area contributed by atoms with E-state index in [-0.39, 0.29) is 31.7 Å². The Bertz CT molecular complexity index is 752. The minimum Gasteiger partial charge on any atom is -0.480 e. The van der Waals surface area contributed by atoms with E-state index in [1.54, 1.807) is 41.5 Å². The summed E-state index contributed by atoms with van der Waals surface area (Å²) in [7, 11) is 0. The van der Waals surface area contributed by atoms with Gasteiger partial charge in [-0.25, -0.2) is 19.2 Å². The average Bonchev–Trinajstić information content (AvgIpc) is 3.15. The van der Waals surface area contributed by atoms with E-state index < -0.39 is 53.5 Å². The number of likely N-dealkylation sites (tertiary alicyclic amines) is 2. The first-order valence-corrected chi connectivity index (χ1v) is 10.1. The van der Waals surface area contributed by atoms with Crippen LogP contribution in [0, 0.1) is 0 Å². The Morgan fingerprint density at radius 3 is 1.69 bits per heavy atom. The van der Waals surface area contributed by atoms with E-state index in [9.17, 15) is 29.1 Å². The molecule has 2 fully saturated rings. The van der Waals surface area contributed by atoms with Crippen LogP contribution >= 0.6 is 0 Å². The molecule has 0 saturated carbocycles. The summed E-state index contributed by atoms with van der Waals surface area (Å²) in [5.74, 6) is -2.57. The first kappa shape index (κ1) is 27.1. The molecule has 0 unspecified atom stereocenters. The van der Waals surface area contributed by atoms with Crippen molar-refractivity contribution < 1.29 is 48.8 Å². The predicted molar refractivity (Wildman–Crippen MR) is 109 cm³/mol. The Morgan fingerprint density at radius 2 is 1.28 bits per heavy atom. The zero-order valence-electron chi connectivity index (χ0n) is 19.2. The van der Waals surface area contributed by atoms with Crippen LogP contribution < -0.4 is 0 Å². The number of ether oxygens (including phenoxy) is 2. The summed E-state index contributed by atoms with van der Waals surface area (Å²) in [6.45, 7) is 9.96. The molecule has 2 amide bonds. The van der Waals surface area contributed by atoms with Crippen molar-refractivity contribution in [3.63, 3.8) is 0 Å². The van der Waals surface area contributed by atoms with Crippen LogP contribution in [-0.4, -0.2) is 97.5 Å². The number of carboxylic acids is 2. The number of aliphatic hydroxyl groups is 1. The summed E-state index contributed by atoms with van der Waals surface area (Å²) in [5, 5.41) is 27.1. The number of carbonyl (C=O) groups is 5. The second-order valence-electron chi connectivity index (χ2n) is 9.58. The van der Waals surface area contributed by atoms with Gasteiger partial charge in [0.25, 0.3) is 0 Å². The van der Waals surface area contributed by atoms with Gasteiger partial charge >= 0.3 is 24.1 Å². The van der Waals surface area contributed by atoms with Crippen LogP contribution in [0.1, 0.15) is 54.4 Å². The van der Waals surface area contributed by atoms with Crippen LogP contribution in [0.4, 0.5) is 9.59 Å². The molecular formula is C20H32N2O10. The number of Topliss-reactive ketones (excluding diaryl/α,β-unsaturated/α-hetero) is 1. The summed E-state index contributed by atoms with van der Waals surface area (Å²) in [5.41, 5.74) is -1.38. The fraction of sp³-hybridized carbons (Fsp3) is 0.750. The number of amides is 2. The summed E-state index contributed by atoms with van der Waals surface area (Å²) >= 11 is 0. The topological polar surface area (TPSA) is 171 Å². The fourth-order valence-electron chi connectivity index (χ4n) is 2.99. The molecule has 2 saturated heterocycles. The highest BCUT2D eigenvalue weighted by atomic mass is 16.6. The van der Waals surface area contributed by atoms with Crippen molar-refractivity contribution >= 4 is 29.9 Å². The molecule has 0 aliphatic carbocycles. The number of hydrogen-bond acceptors (Lipinski definition) is 8. The monoisotopic (exact) mass is 460 g/mol. The number of aliphatic carboxylic acids is 2. The molecule has 0 aromatic heterocycles. The number of ketones is 1. The van der Waals surface area contributed by atoms with Crippen molar-refractivity contribution in [1.82, 2.24) is 9.80 Å². The van der Waals surface area contributed by atoms with Gasteiger partial charge in [0.05, 0.1) is 19.2 Å². The zero-order chi connectivity index (χ0) is 25.0. The second-order valence-corrected chi connectivity index (χ2v) is 9.58. The van der Waals surface area contributed by atoms with Crippen molar-refractivity contribution in [3.8, 4) is 0 Å². The second kappa shape index (κ2) is 10.2. The molecule has 0 spiro atoms. The van der Waals surface area contributed by atoms with Gasteiger partial charge < -0.3 is 24.8 Å². The fourth-order valence-corrected chi connectivity index (χ4v) is 2.99. The normalized spacial score (nSPS) is 23.3. The number of carboxylic acid groups (broad SMARTS) is 2. The van der Waals surface area contributed by atoms with E-state index in [2.05, 4.69) is 0 Å². The van der Waals surface area contributed by atoms with Crippen LogP contribution in [-0.2, 0) is 23.9 Å². The maximum absolute atomic E-state index is 11.7. The molecule has 12 heteroatoms. The summed E-state index contributed by atoms with van der Waals surface area (Å²) in [4.78, 5) is 58.1. The van der Waals surface area contributed by atoms with Gasteiger partial charge in [0.2, 0.25) is 0 Å². The smallest absolute Gasteiger partial charge is 0.411 e. The van der Waals surface area contributed by atoms with Gasteiger partial charge in [-0.1, -0.05) is 0 Å². The van der Waals surface area contributed by atoms with Gasteiger partial charge in [0.1, 0.15) is 23.3 Å². The number of nitrogens with zero attached hydrogens (tertiary/aromatic N) is 2. The van der Waals surface area contributed by atoms with Crippen molar-refractivity contribution in [2.75, 3.05) is 13.1 Å². The van der Waals surface area contributed by atoms with Crippen LogP contribution in [0.5, 0.6) is 0 Å². The molecule has 0 bridgehead atoms. The van der Waals surface area contributed by atoms with Crippen molar-refractivity contribution in [1.29, 1.82) is 0 Å². The minimum atomic E-state index is -1.18. The molecule has 0 aromatic rings. The number of β-amino-alcohol motifs (C(OH)–C–C–N with tert-alkyl or cyclic N) is 1. The molecule has 3 atom stereocenters. The van der Waals surface area contributed by atoms with Gasteiger partial charge in [0.15, 0.2) is 5.78 Å². The minimum absolute atomic E-state index is 0.00583. The third kappa shape index (κ3) is 8.33. The average molecular weight is 460 g/mol. The molecule has 2 rings (SSSR count). The summed E-state index contributed by atoms with van der Waals surface area (Å²) < 4.78 is 10.1. The quantitative estimate of drug-likeness (QED) is 0.542. The molecule has 3 N–H and O–H groups in total. The maximum Gasteiger partial charge on any atom is 0.411 e. The van der Waals surface area contributed by atoms with Gasteiger partial charge in [-0.15, -0.1) is 0 Å². The standard InChI is InChI=1S/C10H17NO5.C10H15NO5/c2*1-10(2,3)16-9(15)11-5-6(12)4-7(11)8(13)14/h6-7,12H,4-5H2,1-3H3,(H,13,14);7H,4-5H2,1-3H3,(H,13,14)/t6-,7+;7-/m10/s1. The van der Waals surface area contributed by atoms with E-state index in [0.29, 0.717) is 0 Å². The highest BCUT2D eigenvalue weighted by Crippen LogP contribution is 2.21. The molecule has 32 heavy (non-hydrogen) atoms. The Labute approximate surface area is 186 Å². The van der Waals surface area contributed by atoms with Crippen LogP contribution in [0.15, 0.2) is 0 Å². The SMILES string of the molecule is CC(C)(C)OC(=O)N1CC(=O)C[C@H]1C(=O)O.CC(C)(C)OC(=O)N1C[C@H](O)C[C@H]1C(=O)O. The Hall–Kier alpha value is -2.89. The number of carbonyl (C=O) groups excluding carboxylic acids is 3. The molecule has 0 radical (unpaired) electrons. The lowest BCUT2D eigenvalue weighted by Crippen LogP contribution is -2.43. The molecule has 182 valence electrons. The van der Waals surface area contributed by atoms with Gasteiger partial charge in [0, 0.05) is 12.8 Å². The largest absolute Gasteiger partial charge is 0.480 e.